The summed E-state index contributed by atoms with van der Waals surface area (Å²) in [5.74, 6) is -0.512. The lowest BCUT2D eigenvalue weighted by Crippen LogP contribution is -2.11. The van der Waals surface area contributed by atoms with Crippen molar-refractivity contribution in [3.05, 3.63) is 40.9 Å². The number of para-hydroxylation sites is 1. The van der Waals surface area contributed by atoms with Gasteiger partial charge in [-0.3, -0.25) is 10.1 Å². The molecule has 2 N–H and O–H groups in total. The fourth-order valence-electron chi connectivity index (χ4n) is 1.41. The molecule has 0 radical (unpaired) electrons. The monoisotopic (exact) mass is 295 g/mol. The summed E-state index contributed by atoms with van der Waals surface area (Å²) in [6.07, 6.45) is 1.57. The van der Waals surface area contributed by atoms with Crippen molar-refractivity contribution in [3.8, 4) is 5.75 Å². The first-order valence-electron chi connectivity index (χ1n) is 5.45. The Morgan fingerprint density at radius 3 is 2.89 bits per heavy atom. The molecule has 0 saturated heterocycles. The lowest BCUT2D eigenvalue weighted by molar-refractivity contribution is 0.102. The van der Waals surface area contributed by atoms with Gasteiger partial charge in [-0.05, 0) is 12.1 Å². The second-order valence-corrected chi connectivity index (χ2v) is 5.74. The third kappa shape index (κ3) is 3.12. The predicted octanol–water partition coefficient (Wildman–Crippen LogP) is 2.59. The van der Waals surface area contributed by atoms with E-state index in [2.05, 4.69) is 10.3 Å². The van der Waals surface area contributed by atoms with Crippen molar-refractivity contribution in [3.63, 3.8) is 0 Å². The first-order chi connectivity index (χ1) is 9.11. The normalized spacial score (nSPS) is 11.8. The molecule has 2 aromatic rings. The highest BCUT2D eigenvalue weighted by atomic mass is 32.1. The standard InChI is InChI=1S/C12H10N2O3S2/c1-7(19-17)10-6-13-12(18-10)14-11(16)8-4-2-3-5-9(8)15/h2-7H,1H3,(H-,13,14,15,16)/p+1. The molecular formula is C12H11N2O3S2+. The van der Waals surface area contributed by atoms with E-state index in [1.165, 1.54) is 23.5 Å². The molecule has 0 spiro atoms. The Labute approximate surface area is 117 Å². The zero-order valence-electron chi connectivity index (χ0n) is 9.99. The number of rotatable bonds is 4. The van der Waals surface area contributed by atoms with Crippen LogP contribution in [0.25, 0.3) is 0 Å². The lowest BCUT2D eigenvalue weighted by Gasteiger charge is -2.03. The van der Waals surface area contributed by atoms with Crippen LogP contribution in [0.4, 0.5) is 5.13 Å². The molecule has 0 fully saturated rings. The molecule has 5 nitrogen and oxygen atoms in total. The van der Waals surface area contributed by atoms with E-state index in [9.17, 15) is 14.1 Å². The van der Waals surface area contributed by atoms with E-state index in [0.717, 1.165) is 4.88 Å². The quantitative estimate of drug-likeness (QED) is 0.850. The minimum Gasteiger partial charge on any atom is -0.507 e. The van der Waals surface area contributed by atoms with Crippen LogP contribution in [0.2, 0.25) is 0 Å². The first kappa shape index (κ1) is 13.6. The smallest absolute Gasteiger partial charge is 0.467 e. The molecule has 0 bridgehead atoms. The maximum absolute atomic E-state index is 11.9. The Morgan fingerprint density at radius 2 is 2.21 bits per heavy atom. The van der Waals surface area contributed by atoms with Gasteiger partial charge in [-0.1, -0.05) is 23.5 Å². The Bertz CT molecular complexity index is 613. The Balaban J connectivity index is 2.13. The number of nitrogens with one attached hydrogen (secondary N) is 1. The van der Waals surface area contributed by atoms with Crippen molar-refractivity contribution >= 4 is 34.0 Å². The van der Waals surface area contributed by atoms with Crippen molar-refractivity contribution in [2.75, 3.05) is 5.32 Å². The summed E-state index contributed by atoms with van der Waals surface area (Å²) in [5.41, 5.74) is 0.186. The van der Waals surface area contributed by atoms with Crippen LogP contribution in [0.3, 0.4) is 0 Å². The average Bonchev–Trinajstić information content (AvgIpc) is 2.86. The molecule has 0 aliphatic heterocycles. The fraction of sp³-hybridized carbons (Fsp3) is 0.167. The molecule has 0 aliphatic rings. The molecule has 1 unspecified atom stereocenters. The molecule has 0 aliphatic carbocycles. The van der Waals surface area contributed by atoms with Crippen LogP contribution in [0.15, 0.2) is 30.5 Å². The number of phenols is 1. The number of aromatic nitrogens is 1. The number of carbonyl (C=O) groups excluding carboxylic acids is 1. The summed E-state index contributed by atoms with van der Waals surface area (Å²) >= 11 is 1.73. The number of aromatic hydroxyl groups is 1. The van der Waals surface area contributed by atoms with E-state index in [4.69, 9.17) is 0 Å². The minimum absolute atomic E-state index is 0.0831. The fourth-order valence-corrected chi connectivity index (χ4v) is 2.57. The molecular weight excluding hydrogens is 284 g/mol. The van der Waals surface area contributed by atoms with Gasteiger partial charge in [0, 0.05) is 17.3 Å². The number of nitrogens with zero attached hydrogens (tertiary/aromatic N) is 1. The highest BCUT2D eigenvalue weighted by Gasteiger charge is 2.21. The van der Waals surface area contributed by atoms with Crippen LogP contribution in [-0.2, 0) is 15.9 Å². The zero-order chi connectivity index (χ0) is 13.8. The van der Waals surface area contributed by atoms with Crippen molar-refractivity contribution in [1.29, 1.82) is 0 Å². The van der Waals surface area contributed by atoms with Crippen LogP contribution >= 0.6 is 11.3 Å². The van der Waals surface area contributed by atoms with Crippen LogP contribution in [0.5, 0.6) is 5.75 Å². The average molecular weight is 295 g/mol. The number of anilines is 1. The number of thiazole rings is 1. The maximum atomic E-state index is 11.9. The first-order valence-corrected chi connectivity index (χ1v) is 7.07. The van der Waals surface area contributed by atoms with Gasteiger partial charge >= 0.3 is 11.7 Å². The van der Waals surface area contributed by atoms with Gasteiger partial charge in [-0.25, -0.2) is 4.98 Å². The number of amides is 1. The SMILES string of the molecule is CC([S+]=O)c1cnc(NC(=O)c2ccccc2O)s1. The number of carbonyl (C=O) groups is 1. The summed E-state index contributed by atoms with van der Waals surface area (Å²) in [5, 5.41) is 12.4. The third-order valence-electron chi connectivity index (χ3n) is 2.44. The van der Waals surface area contributed by atoms with Gasteiger partial charge in [0.1, 0.15) is 5.75 Å². The van der Waals surface area contributed by atoms with E-state index >= 15 is 0 Å². The van der Waals surface area contributed by atoms with Gasteiger partial charge in [0.15, 0.2) is 5.13 Å². The van der Waals surface area contributed by atoms with Crippen LogP contribution in [-0.4, -0.2) is 16.0 Å². The van der Waals surface area contributed by atoms with E-state index < -0.39 is 5.91 Å². The maximum Gasteiger partial charge on any atom is 0.467 e. The van der Waals surface area contributed by atoms with Crippen molar-refractivity contribution < 1.29 is 14.1 Å². The Kier molecular flexibility index (Phi) is 4.18. The summed E-state index contributed by atoms with van der Waals surface area (Å²) < 4.78 is 10.7. The largest absolute Gasteiger partial charge is 0.507 e. The van der Waals surface area contributed by atoms with E-state index in [1.54, 1.807) is 25.3 Å². The van der Waals surface area contributed by atoms with Gasteiger partial charge in [-0.15, -0.1) is 0 Å². The second-order valence-electron chi connectivity index (χ2n) is 3.78. The summed E-state index contributed by atoms with van der Waals surface area (Å²) in [4.78, 5) is 16.7. The van der Waals surface area contributed by atoms with Crippen molar-refractivity contribution in [2.45, 2.75) is 12.2 Å². The van der Waals surface area contributed by atoms with Gasteiger partial charge in [0.05, 0.1) is 10.4 Å². The van der Waals surface area contributed by atoms with Gasteiger partial charge in [-0.2, -0.15) is 0 Å². The Morgan fingerprint density at radius 1 is 1.47 bits per heavy atom. The molecule has 0 saturated carbocycles. The summed E-state index contributed by atoms with van der Waals surface area (Å²) in [7, 11) is 0. The van der Waals surface area contributed by atoms with E-state index in [-0.39, 0.29) is 16.6 Å². The molecule has 7 heteroatoms. The van der Waals surface area contributed by atoms with E-state index in [1.807, 2.05) is 0 Å². The third-order valence-corrected chi connectivity index (χ3v) is 4.23. The molecule has 1 aromatic carbocycles. The minimum atomic E-state index is -0.429. The van der Waals surface area contributed by atoms with Crippen molar-refractivity contribution in [1.82, 2.24) is 4.98 Å². The highest BCUT2D eigenvalue weighted by Crippen LogP contribution is 2.26. The molecule has 1 aromatic heterocycles. The summed E-state index contributed by atoms with van der Waals surface area (Å²) in [6.45, 7) is 1.78. The number of hydrogen-bond donors (Lipinski definition) is 2. The van der Waals surface area contributed by atoms with E-state index in [0.29, 0.717) is 16.8 Å². The molecule has 1 atom stereocenters. The Hall–Kier alpha value is -1.86. The highest BCUT2D eigenvalue weighted by molar-refractivity contribution is 7.66. The van der Waals surface area contributed by atoms with Crippen LogP contribution in [0.1, 0.15) is 27.4 Å². The molecule has 19 heavy (non-hydrogen) atoms. The zero-order valence-corrected chi connectivity index (χ0v) is 11.6. The lowest BCUT2D eigenvalue weighted by atomic mass is 10.2. The van der Waals surface area contributed by atoms with Crippen LogP contribution < -0.4 is 5.32 Å². The van der Waals surface area contributed by atoms with Gasteiger partial charge in [0.25, 0.3) is 11.2 Å². The number of benzene rings is 1. The molecule has 2 rings (SSSR count). The number of phenolic OH excluding ortho intramolecular Hbond substituents is 1. The second kappa shape index (κ2) is 5.85. The van der Waals surface area contributed by atoms with Crippen molar-refractivity contribution in [2.24, 2.45) is 0 Å². The number of hydrogen-bond acceptors (Lipinski definition) is 5. The summed E-state index contributed by atoms with van der Waals surface area (Å²) in [6, 6.07) is 6.27. The molecule has 1 amide bonds. The van der Waals surface area contributed by atoms with Gasteiger partial charge in [0.2, 0.25) is 0 Å². The molecule has 1 heterocycles. The predicted molar refractivity (Wildman–Crippen MR) is 74.6 cm³/mol. The topological polar surface area (TPSA) is 79.3 Å². The molecule has 98 valence electrons. The van der Waals surface area contributed by atoms with Gasteiger partial charge < -0.3 is 5.11 Å². The van der Waals surface area contributed by atoms with Crippen LogP contribution in [0, 0.1) is 0 Å².